The van der Waals surface area contributed by atoms with Crippen molar-refractivity contribution in [1.29, 1.82) is 0 Å². The summed E-state index contributed by atoms with van der Waals surface area (Å²) >= 11 is 0. The highest BCUT2D eigenvalue weighted by atomic mass is 16.5. The molecule has 1 amide bonds. The topological polar surface area (TPSA) is 42.4 Å². The van der Waals surface area contributed by atoms with Gasteiger partial charge in [-0.1, -0.05) is 0 Å². The number of aromatic nitrogens is 1. The summed E-state index contributed by atoms with van der Waals surface area (Å²) in [5.74, 6) is 0.629. The zero-order valence-corrected chi connectivity index (χ0v) is 10.0. The molecule has 0 saturated carbocycles. The Hall–Kier alpha value is -1.58. The normalized spacial score (nSPS) is 11.9. The number of pyridine rings is 1. The van der Waals surface area contributed by atoms with E-state index >= 15 is 0 Å². The monoisotopic (exact) mass is 222 g/mol. The van der Waals surface area contributed by atoms with Crippen molar-refractivity contribution in [2.75, 3.05) is 13.1 Å². The molecule has 0 aliphatic carbocycles. The molecular formula is C12H18N2O2. The molecule has 0 saturated heterocycles. The molecule has 0 aliphatic rings. The van der Waals surface area contributed by atoms with Gasteiger partial charge in [-0.25, -0.2) is 0 Å². The van der Waals surface area contributed by atoms with Crippen LogP contribution in [0.25, 0.3) is 0 Å². The molecule has 1 aromatic rings. The fourth-order valence-corrected chi connectivity index (χ4v) is 1.46. The van der Waals surface area contributed by atoms with E-state index in [9.17, 15) is 4.79 Å². The number of hydrogen-bond donors (Lipinski definition) is 0. The van der Waals surface area contributed by atoms with Crippen molar-refractivity contribution in [3.8, 4) is 5.75 Å². The van der Waals surface area contributed by atoms with Crippen molar-refractivity contribution in [2.45, 2.75) is 26.9 Å². The average molecular weight is 222 g/mol. The predicted octanol–water partition coefficient (Wildman–Crippen LogP) is 1.72. The molecule has 4 heteroatoms. The lowest BCUT2D eigenvalue weighted by atomic mass is 10.3. The number of hydrogen-bond acceptors (Lipinski definition) is 3. The standard InChI is InChI=1S/C12H18N2O2/c1-4-14(5-2)12(15)10(3)16-11-7-6-8-13-9-11/h6-10H,4-5H2,1-3H3. The maximum atomic E-state index is 11.9. The SMILES string of the molecule is CCN(CC)C(=O)C(C)Oc1cccnc1. The molecule has 1 aromatic heterocycles. The third kappa shape index (κ3) is 3.22. The molecule has 0 N–H and O–H groups in total. The van der Waals surface area contributed by atoms with Crippen LogP contribution in [0.5, 0.6) is 5.75 Å². The van der Waals surface area contributed by atoms with Gasteiger partial charge in [0.05, 0.1) is 6.20 Å². The Morgan fingerprint density at radius 1 is 1.50 bits per heavy atom. The maximum absolute atomic E-state index is 11.9. The van der Waals surface area contributed by atoms with E-state index in [4.69, 9.17) is 4.74 Å². The summed E-state index contributed by atoms with van der Waals surface area (Å²) < 4.78 is 5.51. The van der Waals surface area contributed by atoms with Crippen molar-refractivity contribution < 1.29 is 9.53 Å². The highest BCUT2D eigenvalue weighted by Crippen LogP contribution is 2.10. The Bertz CT molecular complexity index is 323. The van der Waals surface area contributed by atoms with E-state index in [1.54, 1.807) is 36.4 Å². The minimum atomic E-state index is -0.468. The number of carbonyl (C=O) groups is 1. The van der Waals surface area contributed by atoms with Crippen LogP contribution < -0.4 is 4.74 Å². The lowest BCUT2D eigenvalue weighted by molar-refractivity contribution is -0.137. The Morgan fingerprint density at radius 3 is 2.69 bits per heavy atom. The molecule has 4 nitrogen and oxygen atoms in total. The number of amides is 1. The van der Waals surface area contributed by atoms with Crippen molar-refractivity contribution in [2.24, 2.45) is 0 Å². The minimum Gasteiger partial charge on any atom is -0.479 e. The zero-order valence-electron chi connectivity index (χ0n) is 10.0. The van der Waals surface area contributed by atoms with Gasteiger partial charge in [-0.3, -0.25) is 9.78 Å². The first-order valence-electron chi connectivity index (χ1n) is 5.54. The van der Waals surface area contributed by atoms with Crippen LogP contribution in [0.4, 0.5) is 0 Å². The summed E-state index contributed by atoms with van der Waals surface area (Å²) in [4.78, 5) is 17.6. The van der Waals surface area contributed by atoms with Crippen LogP contribution in [0.2, 0.25) is 0 Å². The predicted molar refractivity (Wildman–Crippen MR) is 62.3 cm³/mol. The Labute approximate surface area is 96.2 Å². The number of rotatable bonds is 5. The highest BCUT2D eigenvalue weighted by molar-refractivity contribution is 5.80. The summed E-state index contributed by atoms with van der Waals surface area (Å²) in [5, 5.41) is 0. The van der Waals surface area contributed by atoms with E-state index in [1.165, 1.54) is 0 Å². The molecule has 1 atom stereocenters. The second-order valence-electron chi connectivity index (χ2n) is 3.46. The molecule has 88 valence electrons. The molecule has 0 bridgehead atoms. The number of ether oxygens (including phenoxy) is 1. The summed E-state index contributed by atoms with van der Waals surface area (Å²) in [6.07, 6.45) is 2.81. The first-order chi connectivity index (χ1) is 7.69. The van der Waals surface area contributed by atoms with E-state index in [-0.39, 0.29) is 5.91 Å². The van der Waals surface area contributed by atoms with Gasteiger partial charge in [-0.15, -0.1) is 0 Å². The Kier molecular flexibility index (Phi) is 4.76. The molecule has 0 aliphatic heterocycles. The minimum absolute atomic E-state index is 0.00820. The second-order valence-corrected chi connectivity index (χ2v) is 3.46. The quantitative estimate of drug-likeness (QED) is 0.761. The third-order valence-corrected chi connectivity index (χ3v) is 2.37. The average Bonchev–Trinajstić information content (AvgIpc) is 2.31. The van der Waals surface area contributed by atoms with Crippen LogP contribution in [0.15, 0.2) is 24.5 Å². The van der Waals surface area contributed by atoms with E-state index < -0.39 is 6.10 Å². The number of likely N-dealkylation sites (N-methyl/N-ethyl adjacent to an activating group) is 1. The number of nitrogens with zero attached hydrogens (tertiary/aromatic N) is 2. The molecule has 16 heavy (non-hydrogen) atoms. The summed E-state index contributed by atoms with van der Waals surface area (Å²) in [6, 6.07) is 3.57. The number of carbonyl (C=O) groups excluding carboxylic acids is 1. The van der Waals surface area contributed by atoms with Crippen molar-refractivity contribution in [1.82, 2.24) is 9.88 Å². The molecular weight excluding hydrogens is 204 g/mol. The highest BCUT2D eigenvalue weighted by Gasteiger charge is 2.19. The summed E-state index contributed by atoms with van der Waals surface area (Å²) in [7, 11) is 0. The first-order valence-corrected chi connectivity index (χ1v) is 5.54. The smallest absolute Gasteiger partial charge is 0.263 e. The fraction of sp³-hybridized carbons (Fsp3) is 0.500. The van der Waals surface area contributed by atoms with E-state index in [0.717, 1.165) is 0 Å². The van der Waals surface area contributed by atoms with Gasteiger partial charge < -0.3 is 9.64 Å². The molecule has 0 fully saturated rings. The van der Waals surface area contributed by atoms with Gasteiger partial charge in [-0.05, 0) is 32.9 Å². The molecule has 1 heterocycles. The van der Waals surface area contributed by atoms with E-state index in [2.05, 4.69) is 4.98 Å². The van der Waals surface area contributed by atoms with E-state index in [0.29, 0.717) is 18.8 Å². The molecule has 0 radical (unpaired) electrons. The van der Waals surface area contributed by atoms with Crippen LogP contribution in [0.3, 0.4) is 0 Å². The fourth-order valence-electron chi connectivity index (χ4n) is 1.46. The Balaban J connectivity index is 2.58. The molecule has 0 aromatic carbocycles. The van der Waals surface area contributed by atoms with Gasteiger partial charge in [0.2, 0.25) is 0 Å². The lowest BCUT2D eigenvalue weighted by Gasteiger charge is -2.23. The van der Waals surface area contributed by atoms with Gasteiger partial charge in [-0.2, -0.15) is 0 Å². The van der Waals surface area contributed by atoms with Gasteiger partial charge in [0.25, 0.3) is 5.91 Å². The summed E-state index contributed by atoms with van der Waals surface area (Å²) in [5.41, 5.74) is 0. The first kappa shape index (κ1) is 12.5. The van der Waals surface area contributed by atoms with Gasteiger partial charge >= 0.3 is 0 Å². The zero-order chi connectivity index (χ0) is 12.0. The van der Waals surface area contributed by atoms with Crippen LogP contribution in [0.1, 0.15) is 20.8 Å². The van der Waals surface area contributed by atoms with Crippen LogP contribution in [-0.4, -0.2) is 35.0 Å². The molecule has 1 unspecified atom stereocenters. The van der Waals surface area contributed by atoms with Crippen LogP contribution in [0, 0.1) is 0 Å². The van der Waals surface area contributed by atoms with Gasteiger partial charge in [0.15, 0.2) is 6.10 Å². The van der Waals surface area contributed by atoms with E-state index in [1.807, 2.05) is 13.8 Å². The Morgan fingerprint density at radius 2 is 2.19 bits per heavy atom. The van der Waals surface area contributed by atoms with Crippen LogP contribution in [-0.2, 0) is 4.79 Å². The van der Waals surface area contributed by atoms with Crippen LogP contribution >= 0.6 is 0 Å². The summed E-state index contributed by atoms with van der Waals surface area (Å²) in [6.45, 7) is 7.08. The van der Waals surface area contributed by atoms with Crippen molar-refractivity contribution in [3.05, 3.63) is 24.5 Å². The van der Waals surface area contributed by atoms with Gasteiger partial charge in [0.1, 0.15) is 5.75 Å². The molecule has 0 spiro atoms. The van der Waals surface area contributed by atoms with Crippen molar-refractivity contribution in [3.63, 3.8) is 0 Å². The van der Waals surface area contributed by atoms with Gasteiger partial charge in [0, 0.05) is 19.3 Å². The maximum Gasteiger partial charge on any atom is 0.263 e. The second kappa shape index (κ2) is 6.10. The third-order valence-electron chi connectivity index (χ3n) is 2.37. The molecule has 1 rings (SSSR count). The van der Waals surface area contributed by atoms with Crippen molar-refractivity contribution >= 4 is 5.91 Å². The largest absolute Gasteiger partial charge is 0.479 e. The lowest BCUT2D eigenvalue weighted by Crippen LogP contribution is -2.40.